The second-order valence-electron chi connectivity index (χ2n) is 11.2. The number of carbonyl (C=O) groups excluding carboxylic acids is 1. The number of amides is 1. The lowest BCUT2D eigenvalue weighted by Gasteiger charge is -2.36. The Bertz CT molecular complexity index is 1690. The minimum Gasteiger partial charge on any atom is -0.356 e. The zero-order valence-electron chi connectivity index (χ0n) is 22.2. The summed E-state index contributed by atoms with van der Waals surface area (Å²) in [7, 11) is 0. The zero-order chi connectivity index (χ0) is 27.3. The van der Waals surface area contributed by atoms with Gasteiger partial charge in [-0.1, -0.05) is 92.5 Å². The molecule has 1 unspecified atom stereocenters. The first-order chi connectivity index (χ1) is 18.7. The summed E-state index contributed by atoms with van der Waals surface area (Å²) in [5.74, 6) is -0.0696. The van der Waals surface area contributed by atoms with Crippen molar-refractivity contribution in [2.24, 2.45) is 0 Å². The summed E-state index contributed by atoms with van der Waals surface area (Å²) in [5, 5.41) is 6.69. The van der Waals surface area contributed by atoms with Crippen molar-refractivity contribution in [2.45, 2.75) is 45.2 Å². The van der Waals surface area contributed by atoms with Crippen molar-refractivity contribution in [2.75, 3.05) is 6.54 Å². The maximum atomic E-state index is 14.3. The van der Waals surface area contributed by atoms with Gasteiger partial charge in [-0.25, -0.2) is 0 Å². The number of nitrogens with zero attached hydrogens (tertiary/aromatic N) is 3. The van der Waals surface area contributed by atoms with E-state index in [1.165, 1.54) is 16.5 Å². The third kappa shape index (κ3) is 4.75. The minimum absolute atomic E-state index is 0.0386. The molecule has 2 aromatic heterocycles. The van der Waals surface area contributed by atoms with Crippen LogP contribution in [0.5, 0.6) is 0 Å². The van der Waals surface area contributed by atoms with Crippen molar-refractivity contribution in [3.63, 3.8) is 0 Å². The number of nitrogens with one attached hydrogen (secondary N) is 1. The van der Waals surface area contributed by atoms with Gasteiger partial charge in [-0.15, -0.1) is 0 Å². The van der Waals surface area contributed by atoms with E-state index in [2.05, 4.69) is 73.3 Å². The van der Waals surface area contributed by atoms with Crippen LogP contribution in [0.1, 0.15) is 65.2 Å². The van der Waals surface area contributed by atoms with Crippen molar-refractivity contribution < 1.29 is 4.79 Å². The van der Waals surface area contributed by atoms with Crippen LogP contribution in [0, 0.1) is 0 Å². The van der Waals surface area contributed by atoms with Crippen LogP contribution >= 0.6 is 23.2 Å². The van der Waals surface area contributed by atoms with E-state index in [1.54, 1.807) is 16.9 Å². The highest BCUT2D eigenvalue weighted by molar-refractivity contribution is 6.42. The van der Waals surface area contributed by atoms with Crippen LogP contribution in [-0.2, 0) is 18.4 Å². The van der Waals surface area contributed by atoms with Crippen molar-refractivity contribution in [1.82, 2.24) is 19.7 Å². The van der Waals surface area contributed by atoms with Gasteiger partial charge < -0.3 is 9.88 Å². The third-order valence-corrected chi connectivity index (χ3v) is 8.35. The molecule has 1 aliphatic heterocycles. The van der Waals surface area contributed by atoms with Gasteiger partial charge in [0, 0.05) is 29.3 Å². The van der Waals surface area contributed by atoms with Crippen molar-refractivity contribution >= 4 is 40.0 Å². The van der Waals surface area contributed by atoms with Crippen molar-refractivity contribution in [1.29, 1.82) is 0 Å². The van der Waals surface area contributed by atoms with Crippen molar-refractivity contribution in [3.05, 3.63) is 123 Å². The summed E-state index contributed by atoms with van der Waals surface area (Å²) in [6.45, 7) is 7.69. The Balaban J connectivity index is 1.40. The highest BCUT2D eigenvalue weighted by Gasteiger charge is 2.36. The molecule has 1 amide bonds. The van der Waals surface area contributed by atoms with E-state index < -0.39 is 0 Å². The number of para-hydroxylation sites is 1. The van der Waals surface area contributed by atoms with Crippen LogP contribution in [0.3, 0.4) is 0 Å². The predicted octanol–water partition coefficient (Wildman–Crippen LogP) is 7.80. The number of aromatic amines is 1. The lowest BCUT2D eigenvalue weighted by Crippen LogP contribution is -2.41. The number of fused-ring (bicyclic) bond motifs is 3. The van der Waals surface area contributed by atoms with Crippen LogP contribution in [0.25, 0.3) is 10.9 Å². The fraction of sp³-hybridized carbons (Fsp3) is 0.250. The lowest BCUT2D eigenvalue weighted by atomic mass is 9.86. The first-order valence-electron chi connectivity index (χ1n) is 13.2. The monoisotopic (exact) mass is 556 g/mol. The van der Waals surface area contributed by atoms with E-state index in [0.717, 1.165) is 28.8 Å². The summed E-state index contributed by atoms with van der Waals surface area (Å²) >= 11 is 12.7. The highest BCUT2D eigenvalue weighted by Crippen LogP contribution is 2.40. The van der Waals surface area contributed by atoms with Crippen LogP contribution in [0.2, 0.25) is 10.0 Å². The van der Waals surface area contributed by atoms with Gasteiger partial charge in [0.1, 0.15) is 5.69 Å². The summed E-state index contributed by atoms with van der Waals surface area (Å²) in [4.78, 5) is 19.8. The average molecular weight is 558 g/mol. The molecule has 0 saturated heterocycles. The number of carbonyl (C=O) groups is 1. The predicted molar refractivity (Wildman–Crippen MR) is 158 cm³/mol. The number of hydrogen-bond donors (Lipinski definition) is 1. The van der Waals surface area contributed by atoms with E-state index in [1.807, 2.05) is 29.2 Å². The molecule has 0 aliphatic carbocycles. The summed E-state index contributed by atoms with van der Waals surface area (Å²) in [6.07, 6.45) is 2.46. The molecule has 1 N–H and O–H groups in total. The molecule has 198 valence electrons. The number of hydrogen-bond acceptors (Lipinski definition) is 2. The maximum absolute atomic E-state index is 14.3. The molecular formula is C32H30Cl2N4O. The molecule has 0 saturated carbocycles. The fourth-order valence-electron chi connectivity index (χ4n) is 5.59. The van der Waals surface area contributed by atoms with Gasteiger partial charge in [0.15, 0.2) is 0 Å². The standard InChI is InChI=1S/C32H30Cl2N4O/c1-32(2,3)22-8-6-7-20(17-22)19-38-28(13-15-35-38)31(39)37-16-14-24-23-9-4-5-10-27(23)36-29(24)30(37)21-11-12-25(33)26(34)18-21/h4-13,15,17-18,30,36H,14,16,19H2,1-3H3. The quantitative estimate of drug-likeness (QED) is 0.245. The van der Waals surface area contributed by atoms with E-state index in [0.29, 0.717) is 28.8 Å². The molecule has 0 spiro atoms. The van der Waals surface area contributed by atoms with Crippen LogP contribution in [0.15, 0.2) is 79.0 Å². The maximum Gasteiger partial charge on any atom is 0.272 e. The second kappa shape index (κ2) is 9.89. The Labute approximate surface area is 238 Å². The number of H-pyrrole nitrogens is 1. The van der Waals surface area contributed by atoms with E-state index >= 15 is 0 Å². The Kier molecular flexibility index (Phi) is 6.52. The van der Waals surface area contributed by atoms with E-state index in [4.69, 9.17) is 23.2 Å². The largest absolute Gasteiger partial charge is 0.356 e. The summed E-state index contributed by atoms with van der Waals surface area (Å²) < 4.78 is 1.80. The lowest BCUT2D eigenvalue weighted by molar-refractivity contribution is 0.0679. The molecule has 6 rings (SSSR count). The van der Waals surface area contributed by atoms with Gasteiger partial charge in [-0.05, 0) is 58.4 Å². The van der Waals surface area contributed by atoms with Crippen LogP contribution < -0.4 is 0 Å². The Morgan fingerprint density at radius 1 is 1.00 bits per heavy atom. The number of benzene rings is 3. The molecule has 1 aliphatic rings. The Morgan fingerprint density at radius 2 is 1.82 bits per heavy atom. The number of aromatic nitrogens is 3. The van der Waals surface area contributed by atoms with Gasteiger partial charge in [0.05, 0.1) is 22.6 Å². The molecule has 5 aromatic rings. The molecule has 3 heterocycles. The normalized spacial score (nSPS) is 15.5. The summed E-state index contributed by atoms with van der Waals surface area (Å²) in [6, 6.07) is 23.9. The molecule has 0 fully saturated rings. The molecule has 7 heteroatoms. The zero-order valence-corrected chi connectivity index (χ0v) is 23.7. The van der Waals surface area contributed by atoms with Gasteiger partial charge in [-0.2, -0.15) is 5.10 Å². The number of rotatable bonds is 4. The molecule has 5 nitrogen and oxygen atoms in total. The number of halogens is 2. The Hall–Kier alpha value is -3.54. The van der Waals surface area contributed by atoms with Crippen molar-refractivity contribution in [3.8, 4) is 0 Å². The highest BCUT2D eigenvalue weighted by atomic mass is 35.5. The molecule has 3 aromatic carbocycles. The summed E-state index contributed by atoms with van der Waals surface area (Å²) in [5.41, 5.74) is 7.17. The van der Waals surface area contributed by atoms with Gasteiger partial charge in [-0.3, -0.25) is 9.48 Å². The third-order valence-electron chi connectivity index (χ3n) is 7.62. The fourth-order valence-corrected chi connectivity index (χ4v) is 5.89. The second-order valence-corrected chi connectivity index (χ2v) is 12.0. The Morgan fingerprint density at radius 3 is 2.62 bits per heavy atom. The molecule has 39 heavy (non-hydrogen) atoms. The first kappa shape index (κ1) is 25.7. The SMILES string of the molecule is CC(C)(C)c1cccc(Cn2nccc2C(=O)N2CCc3c([nH]c4ccccc34)C2c2ccc(Cl)c(Cl)c2)c1. The molecule has 0 bridgehead atoms. The minimum atomic E-state index is -0.337. The molecular weight excluding hydrogens is 527 g/mol. The van der Waals surface area contributed by atoms with Gasteiger partial charge >= 0.3 is 0 Å². The topological polar surface area (TPSA) is 53.9 Å². The van der Waals surface area contributed by atoms with Crippen LogP contribution in [-0.4, -0.2) is 32.1 Å². The van der Waals surface area contributed by atoms with E-state index in [9.17, 15) is 4.79 Å². The average Bonchev–Trinajstić information content (AvgIpc) is 3.53. The molecule has 1 atom stereocenters. The smallest absolute Gasteiger partial charge is 0.272 e. The van der Waals surface area contributed by atoms with Crippen LogP contribution in [0.4, 0.5) is 0 Å². The van der Waals surface area contributed by atoms with Gasteiger partial charge in [0.2, 0.25) is 0 Å². The van der Waals surface area contributed by atoms with E-state index in [-0.39, 0.29) is 17.4 Å². The first-order valence-corrected chi connectivity index (χ1v) is 13.9. The molecule has 0 radical (unpaired) electrons. The van der Waals surface area contributed by atoms with Gasteiger partial charge in [0.25, 0.3) is 5.91 Å².